The van der Waals surface area contributed by atoms with Crippen molar-refractivity contribution in [2.24, 2.45) is 0 Å². The van der Waals surface area contributed by atoms with E-state index < -0.39 is 0 Å². The number of carbonyl (C=O) groups excluding carboxylic acids is 1. The van der Waals surface area contributed by atoms with Crippen molar-refractivity contribution in [2.75, 3.05) is 7.11 Å². The molecular weight excluding hydrogens is 260 g/mol. The van der Waals surface area contributed by atoms with E-state index in [9.17, 15) is 4.79 Å². The predicted octanol–water partition coefficient (Wildman–Crippen LogP) is 3.50. The quantitative estimate of drug-likeness (QED) is 0.634. The van der Waals surface area contributed by atoms with Gasteiger partial charge in [0.25, 0.3) is 0 Å². The Morgan fingerprint density at radius 3 is 2.43 bits per heavy atom. The minimum Gasteiger partial charge on any atom is -0.469 e. The second kappa shape index (κ2) is 7.31. The van der Waals surface area contributed by atoms with Crippen LogP contribution in [-0.2, 0) is 16.0 Å². The predicted molar refractivity (Wildman–Crippen MR) is 83.9 cm³/mol. The van der Waals surface area contributed by atoms with Crippen LogP contribution in [0.1, 0.15) is 28.7 Å². The van der Waals surface area contributed by atoms with Crippen LogP contribution in [0, 0.1) is 18.8 Å². The Morgan fingerprint density at radius 2 is 1.76 bits per heavy atom. The molecule has 0 spiro atoms. The van der Waals surface area contributed by atoms with Gasteiger partial charge in [0.1, 0.15) is 0 Å². The SMILES string of the molecule is COC(=O)CCc1ccc(C#Cc2ccccc2C)cc1. The van der Waals surface area contributed by atoms with Crippen LogP contribution < -0.4 is 0 Å². The van der Waals surface area contributed by atoms with Crippen LogP contribution in [0.15, 0.2) is 48.5 Å². The number of carbonyl (C=O) groups is 1. The van der Waals surface area contributed by atoms with Gasteiger partial charge in [-0.15, -0.1) is 0 Å². The standard InChI is InChI=1S/C19H18O2/c1-15-5-3-4-6-18(15)13-11-16-7-9-17(10-8-16)12-14-19(20)21-2/h3-10H,12,14H2,1-2H3. The second-order valence-corrected chi connectivity index (χ2v) is 4.84. The first kappa shape index (κ1) is 14.9. The van der Waals surface area contributed by atoms with Crippen molar-refractivity contribution in [1.29, 1.82) is 0 Å². The Kier molecular flexibility index (Phi) is 5.17. The topological polar surface area (TPSA) is 26.3 Å². The molecule has 0 atom stereocenters. The van der Waals surface area contributed by atoms with Crippen molar-refractivity contribution in [1.82, 2.24) is 0 Å². The van der Waals surface area contributed by atoms with Gasteiger partial charge in [-0.25, -0.2) is 0 Å². The summed E-state index contributed by atoms with van der Waals surface area (Å²) in [4.78, 5) is 11.1. The zero-order chi connectivity index (χ0) is 15.1. The zero-order valence-electron chi connectivity index (χ0n) is 12.3. The van der Waals surface area contributed by atoms with Gasteiger partial charge >= 0.3 is 5.97 Å². The monoisotopic (exact) mass is 278 g/mol. The highest BCUT2D eigenvalue weighted by Gasteiger charge is 2.01. The Hall–Kier alpha value is -2.53. The number of methoxy groups -OCH3 is 1. The molecule has 0 saturated carbocycles. The summed E-state index contributed by atoms with van der Waals surface area (Å²) in [6.45, 7) is 2.06. The molecule has 0 aliphatic rings. The van der Waals surface area contributed by atoms with E-state index in [0.29, 0.717) is 12.8 Å². The lowest BCUT2D eigenvalue weighted by Gasteiger charge is -2.00. The normalized spacial score (nSPS) is 9.62. The molecule has 0 saturated heterocycles. The number of aryl methyl sites for hydroxylation is 2. The van der Waals surface area contributed by atoms with E-state index in [0.717, 1.165) is 16.7 Å². The molecule has 0 N–H and O–H groups in total. The largest absolute Gasteiger partial charge is 0.469 e. The molecule has 0 unspecified atom stereocenters. The number of ether oxygens (including phenoxy) is 1. The lowest BCUT2D eigenvalue weighted by molar-refractivity contribution is -0.140. The van der Waals surface area contributed by atoms with E-state index in [1.54, 1.807) is 0 Å². The van der Waals surface area contributed by atoms with Gasteiger partial charge in [-0.3, -0.25) is 4.79 Å². The van der Waals surface area contributed by atoms with Crippen molar-refractivity contribution >= 4 is 5.97 Å². The Labute approximate surface area is 125 Å². The molecule has 2 heteroatoms. The Bertz CT molecular complexity index is 673. The zero-order valence-corrected chi connectivity index (χ0v) is 12.3. The number of benzene rings is 2. The van der Waals surface area contributed by atoms with Crippen LogP contribution in [0.2, 0.25) is 0 Å². The summed E-state index contributed by atoms with van der Waals surface area (Å²) in [5, 5.41) is 0. The number of hydrogen-bond acceptors (Lipinski definition) is 2. The fourth-order valence-corrected chi connectivity index (χ4v) is 1.96. The van der Waals surface area contributed by atoms with E-state index in [2.05, 4.69) is 29.6 Å². The third-order valence-corrected chi connectivity index (χ3v) is 3.29. The van der Waals surface area contributed by atoms with Gasteiger partial charge in [0.15, 0.2) is 0 Å². The van der Waals surface area contributed by atoms with Crippen molar-refractivity contribution in [3.05, 3.63) is 70.8 Å². The first-order chi connectivity index (χ1) is 10.2. The molecule has 0 aromatic heterocycles. The van der Waals surface area contributed by atoms with Gasteiger partial charge in [-0.05, 0) is 42.7 Å². The van der Waals surface area contributed by atoms with Crippen molar-refractivity contribution < 1.29 is 9.53 Å². The minimum atomic E-state index is -0.182. The maximum atomic E-state index is 11.1. The third-order valence-electron chi connectivity index (χ3n) is 3.29. The van der Waals surface area contributed by atoms with E-state index in [1.165, 1.54) is 12.7 Å². The average molecular weight is 278 g/mol. The van der Waals surface area contributed by atoms with Crippen LogP contribution in [0.25, 0.3) is 0 Å². The smallest absolute Gasteiger partial charge is 0.305 e. The lowest BCUT2D eigenvalue weighted by atomic mass is 10.1. The van der Waals surface area contributed by atoms with Gasteiger partial charge in [0.2, 0.25) is 0 Å². The van der Waals surface area contributed by atoms with Gasteiger partial charge < -0.3 is 4.74 Å². The molecule has 0 aliphatic heterocycles. The molecule has 2 rings (SSSR count). The van der Waals surface area contributed by atoms with E-state index in [-0.39, 0.29) is 5.97 Å². The average Bonchev–Trinajstić information content (AvgIpc) is 2.53. The molecule has 0 radical (unpaired) electrons. The summed E-state index contributed by atoms with van der Waals surface area (Å²) in [7, 11) is 1.41. The summed E-state index contributed by atoms with van der Waals surface area (Å²) >= 11 is 0. The third kappa shape index (κ3) is 4.50. The highest BCUT2D eigenvalue weighted by Crippen LogP contribution is 2.08. The molecule has 0 heterocycles. The first-order valence-corrected chi connectivity index (χ1v) is 6.92. The molecule has 0 bridgehead atoms. The molecule has 0 aliphatic carbocycles. The van der Waals surface area contributed by atoms with Crippen LogP contribution >= 0.6 is 0 Å². The van der Waals surface area contributed by atoms with E-state index in [4.69, 9.17) is 0 Å². The highest BCUT2D eigenvalue weighted by molar-refractivity contribution is 5.69. The van der Waals surface area contributed by atoms with Crippen molar-refractivity contribution in [3.8, 4) is 11.8 Å². The van der Waals surface area contributed by atoms with E-state index in [1.807, 2.05) is 42.5 Å². The number of hydrogen-bond donors (Lipinski definition) is 0. The molecular formula is C19H18O2. The summed E-state index contributed by atoms with van der Waals surface area (Å²) in [6, 6.07) is 16.1. The minimum absolute atomic E-state index is 0.182. The maximum Gasteiger partial charge on any atom is 0.305 e. The summed E-state index contributed by atoms with van der Waals surface area (Å²) < 4.78 is 4.63. The molecule has 2 nitrogen and oxygen atoms in total. The van der Waals surface area contributed by atoms with Crippen molar-refractivity contribution in [2.45, 2.75) is 19.8 Å². The van der Waals surface area contributed by atoms with Gasteiger partial charge in [0, 0.05) is 17.5 Å². The molecule has 0 fully saturated rings. The molecule has 21 heavy (non-hydrogen) atoms. The summed E-state index contributed by atoms with van der Waals surface area (Å²) in [5.74, 6) is 6.17. The number of rotatable bonds is 3. The second-order valence-electron chi connectivity index (χ2n) is 4.84. The van der Waals surface area contributed by atoms with Crippen LogP contribution in [0.3, 0.4) is 0 Å². The molecule has 0 amide bonds. The lowest BCUT2D eigenvalue weighted by Crippen LogP contribution is -2.01. The first-order valence-electron chi connectivity index (χ1n) is 6.92. The van der Waals surface area contributed by atoms with Crippen LogP contribution in [-0.4, -0.2) is 13.1 Å². The van der Waals surface area contributed by atoms with E-state index >= 15 is 0 Å². The molecule has 2 aromatic carbocycles. The van der Waals surface area contributed by atoms with Crippen LogP contribution in [0.5, 0.6) is 0 Å². The summed E-state index contributed by atoms with van der Waals surface area (Å²) in [5.41, 5.74) is 4.31. The Morgan fingerprint density at radius 1 is 1.05 bits per heavy atom. The fourth-order valence-electron chi connectivity index (χ4n) is 1.96. The Balaban J connectivity index is 2.03. The molecule has 106 valence electrons. The van der Waals surface area contributed by atoms with Gasteiger partial charge in [-0.2, -0.15) is 0 Å². The summed E-state index contributed by atoms with van der Waals surface area (Å²) in [6.07, 6.45) is 1.10. The van der Waals surface area contributed by atoms with Crippen LogP contribution in [0.4, 0.5) is 0 Å². The maximum absolute atomic E-state index is 11.1. The fraction of sp³-hybridized carbons (Fsp3) is 0.211. The number of esters is 1. The van der Waals surface area contributed by atoms with Crippen molar-refractivity contribution in [3.63, 3.8) is 0 Å². The highest BCUT2D eigenvalue weighted by atomic mass is 16.5. The van der Waals surface area contributed by atoms with Gasteiger partial charge in [0.05, 0.1) is 7.11 Å². The van der Waals surface area contributed by atoms with Gasteiger partial charge in [-0.1, -0.05) is 42.2 Å². The molecule has 2 aromatic rings.